The predicted molar refractivity (Wildman–Crippen MR) is 69.0 cm³/mol. The number of carbonyl (C=O) groups is 2. The molecule has 0 heterocycles. The summed E-state index contributed by atoms with van der Waals surface area (Å²) in [5, 5.41) is 0. The van der Waals surface area contributed by atoms with Gasteiger partial charge in [0.2, 0.25) is 0 Å². The number of ether oxygens (including phenoxy) is 2. The Kier molecular flexibility index (Phi) is 6.56. The summed E-state index contributed by atoms with van der Waals surface area (Å²) in [6, 6.07) is 8.22. The molecule has 6 heteroatoms. The van der Waals surface area contributed by atoms with E-state index >= 15 is 0 Å². The summed E-state index contributed by atoms with van der Waals surface area (Å²) in [6.07, 6.45) is -0.0755. The molecule has 0 saturated heterocycles. The lowest BCUT2D eigenvalue weighted by Crippen LogP contribution is -2.34. The highest BCUT2D eigenvalue weighted by molar-refractivity contribution is 5.85. The molecule has 1 aromatic rings. The first kappa shape index (κ1) is 15.1. The van der Waals surface area contributed by atoms with E-state index in [0.717, 1.165) is 5.56 Å². The van der Waals surface area contributed by atoms with Gasteiger partial charge in [0.1, 0.15) is 12.6 Å². The SMILES string of the molecule is NCCC[C@@H](N)C(=O)OC(=O)OCc1ccccc1. The van der Waals surface area contributed by atoms with E-state index in [0.29, 0.717) is 19.4 Å². The smallest absolute Gasteiger partial charge is 0.429 e. The Bertz CT molecular complexity index is 408. The number of rotatable bonds is 6. The van der Waals surface area contributed by atoms with Crippen molar-refractivity contribution in [3.05, 3.63) is 35.9 Å². The lowest BCUT2D eigenvalue weighted by Gasteiger charge is -2.09. The van der Waals surface area contributed by atoms with Crippen molar-refractivity contribution in [2.24, 2.45) is 11.5 Å². The van der Waals surface area contributed by atoms with Gasteiger partial charge in [-0.1, -0.05) is 30.3 Å². The van der Waals surface area contributed by atoms with Crippen LogP contribution < -0.4 is 11.5 Å². The van der Waals surface area contributed by atoms with Crippen molar-refractivity contribution in [3.63, 3.8) is 0 Å². The van der Waals surface area contributed by atoms with Gasteiger partial charge < -0.3 is 20.9 Å². The van der Waals surface area contributed by atoms with Gasteiger partial charge in [0.05, 0.1) is 0 Å². The van der Waals surface area contributed by atoms with E-state index in [1.807, 2.05) is 18.2 Å². The zero-order chi connectivity index (χ0) is 14.1. The molecule has 0 aromatic heterocycles. The number of benzene rings is 1. The number of esters is 1. The lowest BCUT2D eigenvalue weighted by molar-refractivity contribution is -0.141. The van der Waals surface area contributed by atoms with Crippen molar-refractivity contribution >= 4 is 12.1 Å². The molecular weight excluding hydrogens is 248 g/mol. The summed E-state index contributed by atoms with van der Waals surface area (Å²) in [5.74, 6) is -0.800. The van der Waals surface area contributed by atoms with Crippen molar-refractivity contribution in [1.82, 2.24) is 0 Å². The summed E-state index contributed by atoms with van der Waals surface area (Å²) in [7, 11) is 0. The molecule has 0 saturated carbocycles. The highest BCUT2D eigenvalue weighted by atomic mass is 16.7. The van der Waals surface area contributed by atoms with Crippen LogP contribution in [0.5, 0.6) is 0 Å². The molecule has 0 aliphatic rings. The molecule has 1 atom stereocenters. The standard InChI is InChI=1S/C13H18N2O4/c14-8-4-7-11(15)12(16)19-13(17)18-9-10-5-2-1-3-6-10/h1-3,5-6,11H,4,7-9,14-15H2/t11-/m1/s1. The Morgan fingerprint density at radius 1 is 1.21 bits per heavy atom. The van der Waals surface area contributed by atoms with E-state index in [1.54, 1.807) is 12.1 Å². The minimum atomic E-state index is -1.04. The molecule has 1 rings (SSSR count). The summed E-state index contributed by atoms with van der Waals surface area (Å²) in [6.45, 7) is 0.477. The average molecular weight is 266 g/mol. The van der Waals surface area contributed by atoms with Crippen LogP contribution in [0.15, 0.2) is 30.3 Å². The Hall–Kier alpha value is -1.92. The summed E-state index contributed by atoms with van der Waals surface area (Å²) < 4.78 is 9.26. The van der Waals surface area contributed by atoms with Crippen molar-refractivity contribution < 1.29 is 19.1 Å². The quantitative estimate of drug-likeness (QED) is 0.586. The molecule has 6 nitrogen and oxygen atoms in total. The van der Waals surface area contributed by atoms with Crippen LogP contribution in [0, 0.1) is 0 Å². The zero-order valence-corrected chi connectivity index (χ0v) is 10.6. The molecule has 0 spiro atoms. The van der Waals surface area contributed by atoms with E-state index in [2.05, 4.69) is 4.74 Å². The zero-order valence-electron chi connectivity index (χ0n) is 10.6. The third kappa shape index (κ3) is 5.98. The second kappa shape index (κ2) is 8.23. The van der Waals surface area contributed by atoms with Gasteiger partial charge in [0.15, 0.2) is 0 Å². The van der Waals surface area contributed by atoms with Gasteiger partial charge in [0, 0.05) is 0 Å². The first-order chi connectivity index (χ1) is 9.13. The van der Waals surface area contributed by atoms with Gasteiger partial charge in [-0.25, -0.2) is 9.59 Å². The Labute approximate surface area is 111 Å². The normalized spacial score (nSPS) is 11.7. The molecule has 0 unspecified atom stereocenters. The monoisotopic (exact) mass is 266 g/mol. The topological polar surface area (TPSA) is 105 Å². The van der Waals surface area contributed by atoms with Gasteiger partial charge >= 0.3 is 12.1 Å². The molecular formula is C13H18N2O4. The summed E-state index contributed by atoms with van der Waals surface area (Å²) in [5.41, 5.74) is 11.6. The lowest BCUT2D eigenvalue weighted by atomic mass is 10.2. The minimum Gasteiger partial charge on any atom is -0.429 e. The van der Waals surface area contributed by atoms with Crippen LogP contribution in [0.3, 0.4) is 0 Å². The van der Waals surface area contributed by atoms with E-state index in [-0.39, 0.29) is 6.61 Å². The predicted octanol–water partition coefficient (Wildman–Crippen LogP) is 0.933. The third-order valence-electron chi connectivity index (χ3n) is 2.41. The molecule has 4 N–H and O–H groups in total. The van der Waals surface area contributed by atoms with E-state index in [4.69, 9.17) is 16.2 Å². The molecule has 0 aliphatic heterocycles. The van der Waals surface area contributed by atoms with Gasteiger partial charge in [-0.15, -0.1) is 0 Å². The Morgan fingerprint density at radius 3 is 2.53 bits per heavy atom. The van der Waals surface area contributed by atoms with Crippen LogP contribution in [0.25, 0.3) is 0 Å². The van der Waals surface area contributed by atoms with Crippen molar-refractivity contribution in [1.29, 1.82) is 0 Å². The summed E-state index contributed by atoms with van der Waals surface area (Å²) in [4.78, 5) is 22.6. The molecule has 0 bridgehead atoms. The van der Waals surface area contributed by atoms with E-state index in [1.165, 1.54) is 0 Å². The average Bonchev–Trinajstić information content (AvgIpc) is 2.43. The molecule has 19 heavy (non-hydrogen) atoms. The first-order valence-electron chi connectivity index (χ1n) is 6.01. The number of carbonyl (C=O) groups excluding carboxylic acids is 2. The maximum atomic E-state index is 11.4. The second-order valence-corrected chi connectivity index (χ2v) is 3.98. The van der Waals surface area contributed by atoms with Crippen LogP contribution in [-0.4, -0.2) is 24.7 Å². The number of hydrogen-bond donors (Lipinski definition) is 2. The van der Waals surface area contributed by atoms with Gasteiger partial charge in [0.25, 0.3) is 0 Å². The molecule has 0 radical (unpaired) electrons. The highest BCUT2D eigenvalue weighted by Crippen LogP contribution is 2.03. The van der Waals surface area contributed by atoms with Gasteiger partial charge in [-0.2, -0.15) is 0 Å². The van der Waals surface area contributed by atoms with Crippen LogP contribution in [0.1, 0.15) is 18.4 Å². The van der Waals surface area contributed by atoms with E-state index < -0.39 is 18.2 Å². The molecule has 1 aromatic carbocycles. The van der Waals surface area contributed by atoms with Gasteiger partial charge in [-0.05, 0) is 24.9 Å². The van der Waals surface area contributed by atoms with Gasteiger partial charge in [-0.3, -0.25) is 0 Å². The number of nitrogens with two attached hydrogens (primary N) is 2. The maximum Gasteiger partial charge on any atom is 0.516 e. The fraction of sp³-hybridized carbons (Fsp3) is 0.385. The van der Waals surface area contributed by atoms with Crippen molar-refractivity contribution in [3.8, 4) is 0 Å². The molecule has 0 amide bonds. The largest absolute Gasteiger partial charge is 0.516 e. The highest BCUT2D eigenvalue weighted by Gasteiger charge is 2.19. The van der Waals surface area contributed by atoms with Crippen LogP contribution in [0.2, 0.25) is 0 Å². The fourth-order valence-electron chi connectivity index (χ4n) is 1.36. The van der Waals surface area contributed by atoms with Crippen molar-refractivity contribution in [2.75, 3.05) is 6.54 Å². The molecule has 0 aliphatic carbocycles. The Balaban J connectivity index is 2.29. The second-order valence-electron chi connectivity index (χ2n) is 3.98. The third-order valence-corrected chi connectivity index (χ3v) is 2.41. The molecule has 0 fully saturated rings. The first-order valence-corrected chi connectivity index (χ1v) is 6.01. The maximum absolute atomic E-state index is 11.4. The van der Waals surface area contributed by atoms with Crippen LogP contribution >= 0.6 is 0 Å². The molecule has 104 valence electrons. The summed E-state index contributed by atoms with van der Waals surface area (Å²) >= 11 is 0. The number of hydrogen-bond acceptors (Lipinski definition) is 6. The minimum absolute atomic E-state index is 0.0466. The Morgan fingerprint density at radius 2 is 1.89 bits per heavy atom. The van der Waals surface area contributed by atoms with Crippen LogP contribution in [-0.2, 0) is 20.9 Å². The van der Waals surface area contributed by atoms with E-state index in [9.17, 15) is 9.59 Å². The van der Waals surface area contributed by atoms with Crippen molar-refractivity contribution in [2.45, 2.75) is 25.5 Å². The fourth-order valence-corrected chi connectivity index (χ4v) is 1.36. The van der Waals surface area contributed by atoms with Crippen LogP contribution in [0.4, 0.5) is 4.79 Å².